The molecule has 0 aromatic carbocycles. The lowest BCUT2D eigenvalue weighted by atomic mass is 10.2. The van der Waals surface area contributed by atoms with E-state index in [0.717, 1.165) is 0 Å². The van der Waals surface area contributed by atoms with Gasteiger partial charge in [0.25, 0.3) is 0 Å². The first kappa shape index (κ1) is 14.9. The first-order chi connectivity index (χ1) is 9.13. The fourth-order valence-electron chi connectivity index (χ4n) is 1.29. The first-order valence-electron chi connectivity index (χ1n) is 5.65. The van der Waals surface area contributed by atoms with E-state index in [1.54, 1.807) is 0 Å². The number of carbonyl (C=O) groups excluding carboxylic acids is 1. The summed E-state index contributed by atoms with van der Waals surface area (Å²) in [7, 11) is 1.46. The van der Waals surface area contributed by atoms with Crippen LogP contribution in [-0.4, -0.2) is 53.6 Å². The van der Waals surface area contributed by atoms with Gasteiger partial charge in [0.05, 0.1) is 0 Å². The largest absolute Gasteiger partial charge is 0.480 e. The van der Waals surface area contributed by atoms with E-state index in [1.807, 2.05) is 0 Å². The lowest BCUT2D eigenvalue weighted by Crippen LogP contribution is -2.46. The van der Waals surface area contributed by atoms with Crippen LogP contribution in [0.25, 0.3) is 0 Å². The SMILES string of the molecule is COCCC(NC(=O)NCCc1ncon1)C(=O)O. The molecule has 1 rings (SSSR count). The highest BCUT2D eigenvalue weighted by Gasteiger charge is 2.19. The summed E-state index contributed by atoms with van der Waals surface area (Å²) in [5.74, 6) is -0.639. The Morgan fingerprint density at radius 2 is 2.37 bits per heavy atom. The Bertz CT molecular complexity index is 395. The predicted molar refractivity (Wildman–Crippen MR) is 62.5 cm³/mol. The van der Waals surface area contributed by atoms with Crippen LogP contribution in [0.4, 0.5) is 4.79 Å². The molecule has 19 heavy (non-hydrogen) atoms. The van der Waals surface area contributed by atoms with E-state index in [0.29, 0.717) is 12.2 Å². The maximum atomic E-state index is 11.5. The highest BCUT2D eigenvalue weighted by atomic mass is 16.5. The van der Waals surface area contributed by atoms with Gasteiger partial charge in [-0.15, -0.1) is 0 Å². The number of hydrogen-bond donors (Lipinski definition) is 3. The van der Waals surface area contributed by atoms with Gasteiger partial charge in [-0.3, -0.25) is 0 Å². The van der Waals surface area contributed by atoms with Gasteiger partial charge in [-0.25, -0.2) is 9.59 Å². The van der Waals surface area contributed by atoms with Gasteiger partial charge in [-0.2, -0.15) is 4.98 Å². The maximum Gasteiger partial charge on any atom is 0.326 e. The summed E-state index contributed by atoms with van der Waals surface area (Å²) in [5, 5.41) is 17.3. The zero-order valence-electron chi connectivity index (χ0n) is 10.5. The fraction of sp³-hybridized carbons (Fsp3) is 0.600. The van der Waals surface area contributed by atoms with Gasteiger partial charge >= 0.3 is 12.0 Å². The third-order valence-corrected chi connectivity index (χ3v) is 2.26. The number of carboxylic acid groups (broad SMARTS) is 1. The molecule has 0 radical (unpaired) electrons. The molecule has 2 amide bonds. The van der Waals surface area contributed by atoms with Crippen molar-refractivity contribution in [3.8, 4) is 0 Å². The zero-order chi connectivity index (χ0) is 14.1. The summed E-state index contributed by atoms with van der Waals surface area (Å²) < 4.78 is 9.30. The molecule has 0 bridgehead atoms. The summed E-state index contributed by atoms with van der Waals surface area (Å²) >= 11 is 0. The summed E-state index contributed by atoms with van der Waals surface area (Å²) in [5.41, 5.74) is 0. The second-order valence-corrected chi connectivity index (χ2v) is 3.67. The van der Waals surface area contributed by atoms with E-state index in [2.05, 4.69) is 25.3 Å². The smallest absolute Gasteiger partial charge is 0.326 e. The average Bonchev–Trinajstić information content (AvgIpc) is 2.87. The van der Waals surface area contributed by atoms with Crippen LogP contribution in [0.1, 0.15) is 12.2 Å². The van der Waals surface area contributed by atoms with Crippen LogP contribution in [0.15, 0.2) is 10.9 Å². The number of aliphatic carboxylic acids is 1. The van der Waals surface area contributed by atoms with Crippen molar-refractivity contribution in [1.29, 1.82) is 0 Å². The third kappa shape index (κ3) is 5.82. The van der Waals surface area contributed by atoms with Crippen LogP contribution in [-0.2, 0) is 16.0 Å². The van der Waals surface area contributed by atoms with E-state index in [-0.39, 0.29) is 19.6 Å². The Hall–Kier alpha value is -2.16. The van der Waals surface area contributed by atoms with Crippen LogP contribution in [0.2, 0.25) is 0 Å². The molecule has 9 nitrogen and oxygen atoms in total. The minimum Gasteiger partial charge on any atom is -0.480 e. The van der Waals surface area contributed by atoms with Gasteiger partial charge in [0, 0.05) is 33.1 Å². The number of rotatable bonds is 8. The summed E-state index contributed by atoms with van der Waals surface area (Å²) in [6, 6.07) is -1.54. The molecule has 1 aromatic heterocycles. The molecule has 0 saturated carbocycles. The second-order valence-electron chi connectivity index (χ2n) is 3.67. The molecule has 0 aliphatic carbocycles. The highest BCUT2D eigenvalue weighted by molar-refractivity contribution is 5.82. The van der Waals surface area contributed by atoms with Gasteiger partial charge in [0.2, 0.25) is 6.39 Å². The van der Waals surface area contributed by atoms with Crippen molar-refractivity contribution in [2.45, 2.75) is 18.9 Å². The maximum absolute atomic E-state index is 11.5. The molecular weight excluding hydrogens is 256 g/mol. The zero-order valence-corrected chi connectivity index (χ0v) is 10.5. The normalized spacial score (nSPS) is 11.8. The Labute approximate surface area is 109 Å². The number of amides is 2. The van der Waals surface area contributed by atoms with Gasteiger partial charge in [-0.05, 0) is 0 Å². The quantitative estimate of drug-likeness (QED) is 0.576. The molecule has 0 spiro atoms. The van der Waals surface area contributed by atoms with Gasteiger partial charge in [-0.1, -0.05) is 5.16 Å². The van der Waals surface area contributed by atoms with E-state index in [1.165, 1.54) is 13.5 Å². The molecule has 0 aliphatic rings. The van der Waals surface area contributed by atoms with Gasteiger partial charge in [0.15, 0.2) is 5.82 Å². The number of carbonyl (C=O) groups is 2. The number of carboxylic acids is 1. The molecule has 1 heterocycles. The molecule has 1 unspecified atom stereocenters. The number of hydrogen-bond acceptors (Lipinski definition) is 6. The van der Waals surface area contributed by atoms with E-state index < -0.39 is 18.0 Å². The molecular formula is C10H16N4O5. The van der Waals surface area contributed by atoms with Crippen molar-refractivity contribution < 1.29 is 24.0 Å². The number of ether oxygens (including phenoxy) is 1. The minimum atomic E-state index is -1.11. The van der Waals surface area contributed by atoms with Crippen molar-refractivity contribution in [3.63, 3.8) is 0 Å². The van der Waals surface area contributed by atoms with E-state index in [9.17, 15) is 9.59 Å². The molecule has 106 valence electrons. The van der Waals surface area contributed by atoms with Crippen LogP contribution < -0.4 is 10.6 Å². The minimum absolute atomic E-state index is 0.199. The number of urea groups is 1. The summed E-state index contributed by atoms with van der Waals surface area (Å²) in [6.45, 7) is 0.530. The van der Waals surface area contributed by atoms with Crippen molar-refractivity contribution in [1.82, 2.24) is 20.8 Å². The molecule has 0 aliphatic heterocycles. The van der Waals surface area contributed by atoms with Crippen molar-refractivity contribution >= 4 is 12.0 Å². The number of aromatic nitrogens is 2. The fourth-order valence-corrected chi connectivity index (χ4v) is 1.29. The topological polar surface area (TPSA) is 127 Å². The van der Waals surface area contributed by atoms with E-state index >= 15 is 0 Å². The molecule has 1 aromatic rings. The highest BCUT2D eigenvalue weighted by Crippen LogP contribution is 1.93. The Kier molecular flexibility index (Phi) is 6.30. The molecule has 9 heteroatoms. The monoisotopic (exact) mass is 272 g/mol. The number of methoxy groups -OCH3 is 1. The summed E-state index contributed by atoms with van der Waals surface area (Å²) in [4.78, 5) is 26.1. The summed E-state index contributed by atoms with van der Waals surface area (Å²) in [6.07, 6.45) is 1.80. The van der Waals surface area contributed by atoms with Crippen LogP contribution in [0.5, 0.6) is 0 Å². The average molecular weight is 272 g/mol. The van der Waals surface area contributed by atoms with Crippen LogP contribution >= 0.6 is 0 Å². The second kappa shape index (κ2) is 8.03. The molecule has 3 N–H and O–H groups in total. The molecule has 1 atom stereocenters. The van der Waals surface area contributed by atoms with Crippen LogP contribution in [0, 0.1) is 0 Å². The molecule has 0 fully saturated rings. The molecule has 0 saturated heterocycles. The van der Waals surface area contributed by atoms with Crippen molar-refractivity contribution in [2.75, 3.05) is 20.3 Å². The Balaban J connectivity index is 2.25. The lowest BCUT2D eigenvalue weighted by molar-refractivity contribution is -0.139. The lowest BCUT2D eigenvalue weighted by Gasteiger charge is -2.14. The van der Waals surface area contributed by atoms with Crippen LogP contribution in [0.3, 0.4) is 0 Å². The predicted octanol–water partition coefficient (Wildman–Crippen LogP) is -0.599. The van der Waals surface area contributed by atoms with Crippen molar-refractivity contribution in [3.05, 3.63) is 12.2 Å². The van der Waals surface area contributed by atoms with Gasteiger partial charge < -0.3 is 25.0 Å². The number of nitrogens with zero attached hydrogens (tertiary/aromatic N) is 2. The van der Waals surface area contributed by atoms with Gasteiger partial charge in [0.1, 0.15) is 6.04 Å². The standard InChI is InChI=1S/C10H16N4O5/c1-18-5-3-7(9(15)16)13-10(17)11-4-2-8-12-6-19-14-8/h6-7H,2-5H2,1H3,(H,15,16)(H2,11,13,17). The third-order valence-electron chi connectivity index (χ3n) is 2.26. The number of nitrogens with one attached hydrogen (secondary N) is 2. The first-order valence-corrected chi connectivity index (χ1v) is 5.65. The Morgan fingerprint density at radius 3 is 2.95 bits per heavy atom. The van der Waals surface area contributed by atoms with E-state index in [4.69, 9.17) is 9.84 Å². The van der Waals surface area contributed by atoms with Crippen molar-refractivity contribution in [2.24, 2.45) is 0 Å². The Morgan fingerprint density at radius 1 is 1.58 bits per heavy atom.